The van der Waals surface area contributed by atoms with Gasteiger partial charge >= 0.3 is 0 Å². The lowest BCUT2D eigenvalue weighted by atomic mass is 10.0. The van der Waals surface area contributed by atoms with Crippen molar-refractivity contribution in [1.82, 2.24) is 20.0 Å². The highest BCUT2D eigenvalue weighted by molar-refractivity contribution is 5.92. The van der Waals surface area contributed by atoms with Crippen LogP contribution in [0.5, 0.6) is 0 Å². The molecule has 5 heteroatoms. The Morgan fingerprint density at radius 3 is 2.90 bits per heavy atom. The van der Waals surface area contributed by atoms with E-state index in [2.05, 4.69) is 22.0 Å². The molecule has 116 valence electrons. The van der Waals surface area contributed by atoms with E-state index in [1.54, 1.807) is 0 Å². The number of aromatic amines is 1. The summed E-state index contributed by atoms with van der Waals surface area (Å²) >= 11 is 0. The van der Waals surface area contributed by atoms with Gasteiger partial charge in [-0.2, -0.15) is 5.10 Å². The molecule has 0 radical (unpaired) electrons. The zero-order chi connectivity index (χ0) is 14.7. The summed E-state index contributed by atoms with van der Waals surface area (Å²) in [6.07, 6.45) is 6.98. The standard InChI is InChI=1S/C16H26N4O/c1-2-6-13-11-15(18-17-13)16(21)20-10-5-7-14(12-20)19-8-3-4-9-19/h11,14H,2-10,12H2,1H3,(H,17,18). The number of nitrogens with one attached hydrogen (secondary N) is 1. The molecule has 1 N–H and O–H groups in total. The molecule has 5 nitrogen and oxygen atoms in total. The van der Waals surface area contributed by atoms with Gasteiger partial charge in [-0.1, -0.05) is 13.3 Å². The molecule has 0 saturated carbocycles. The van der Waals surface area contributed by atoms with E-state index in [1.165, 1.54) is 32.4 Å². The first kappa shape index (κ1) is 14.6. The van der Waals surface area contributed by atoms with Crippen molar-refractivity contribution in [2.75, 3.05) is 26.2 Å². The number of rotatable bonds is 4. The average Bonchev–Trinajstić information content (AvgIpc) is 3.18. The van der Waals surface area contributed by atoms with Crippen LogP contribution >= 0.6 is 0 Å². The minimum Gasteiger partial charge on any atom is -0.336 e. The van der Waals surface area contributed by atoms with Crippen molar-refractivity contribution in [3.63, 3.8) is 0 Å². The third kappa shape index (κ3) is 3.28. The zero-order valence-electron chi connectivity index (χ0n) is 13.0. The first-order valence-corrected chi connectivity index (χ1v) is 8.35. The van der Waals surface area contributed by atoms with Crippen LogP contribution in [0.4, 0.5) is 0 Å². The molecule has 2 aliphatic heterocycles. The lowest BCUT2D eigenvalue weighted by Gasteiger charge is -2.37. The number of carbonyl (C=O) groups excluding carboxylic acids is 1. The highest BCUT2D eigenvalue weighted by Gasteiger charge is 2.30. The van der Waals surface area contributed by atoms with Crippen LogP contribution in [0.15, 0.2) is 6.07 Å². The van der Waals surface area contributed by atoms with Crippen LogP contribution in [0, 0.1) is 0 Å². The summed E-state index contributed by atoms with van der Waals surface area (Å²) in [7, 11) is 0. The van der Waals surface area contributed by atoms with E-state index in [0.717, 1.165) is 38.0 Å². The third-order valence-corrected chi connectivity index (χ3v) is 4.71. The topological polar surface area (TPSA) is 52.2 Å². The number of likely N-dealkylation sites (tertiary alicyclic amines) is 2. The van der Waals surface area contributed by atoms with Crippen LogP contribution in [-0.4, -0.2) is 58.1 Å². The van der Waals surface area contributed by atoms with Gasteiger partial charge in [0.25, 0.3) is 5.91 Å². The monoisotopic (exact) mass is 290 g/mol. The smallest absolute Gasteiger partial charge is 0.274 e. The average molecular weight is 290 g/mol. The van der Waals surface area contributed by atoms with Crippen molar-refractivity contribution < 1.29 is 4.79 Å². The Kier molecular flexibility index (Phi) is 4.58. The van der Waals surface area contributed by atoms with Gasteiger partial charge in [-0.3, -0.25) is 14.8 Å². The molecule has 0 bridgehead atoms. The molecule has 2 aliphatic rings. The van der Waals surface area contributed by atoms with Gasteiger partial charge in [-0.05, 0) is 51.3 Å². The van der Waals surface area contributed by atoms with Crippen molar-refractivity contribution in [3.8, 4) is 0 Å². The van der Waals surface area contributed by atoms with Gasteiger partial charge in [0.1, 0.15) is 5.69 Å². The summed E-state index contributed by atoms with van der Waals surface area (Å²) in [5.74, 6) is 0.0949. The number of aromatic nitrogens is 2. The first-order chi connectivity index (χ1) is 10.3. The van der Waals surface area contributed by atoms with E-state index in [4.69, 9.17) is 0 Å². The summed E-state index contributed by atoms with van der Waals surface area (Å²) in [4.78, 5) is 17.2. The van der Waals surface area contributed by atoms with Gasteiger partial charge in [-0.15, -0.1) is 0 Å². The minimum absolute atomic E-state index is 0.0949. The second-order valence-electron chi connectivity index (χ2n) is 6.32. The van der Waals surface area contributed by atoms with Gasteiger partial charge in [-0.25, -0.2) is 0 Å². The number of nitrogens with zero attached hydrogens (tertiary/aromatic N) is 3. The number of carbonyl (C=O) groups is 1. The highest BCUT2D eigenvalue weighted by Crippen LogP contribution is 2.21. The van der Waals surface area contributed by atoms with E-state index in [9.17, 15) is 4.79 Å². The van der Waals surface area contributed by atoms with E-state index >= 15 is 0 Å². The molecule has 1 atom stereocenters. The Balaban J connectivity index is 1.62. The maximum Gasteiger partial charge on any atom is 0.274 e. The molecule has 0 spiro atoms. The van der Waals surface area contributed by atoms with Crippen molar-refractivity contribution in [2.24, 2.45) is 0 Å². The Labute approximate surface area is 126 Å². The Bertz CT molecular complexity index is 478. The second kappa shape index (κ2) is 6.60. The van der Waals surface area contributed by atoms with Crippen LogP contribution < -0.4 is 0 Å². The Morgan fingerprint density at radius 1 is 1.33 bits per heavy atom. The maximum absolute atomic E-state index is 12.6. The van der Waals surface area contributed by atoms with Gasteiger partial charge in [0.05, 0.1) is 0 Å². The maximum atomic E-state index is 12.6. The summed E-state index contributed by atoms with van der Waals surface area (Å²) in [5.41, 5.74) is 1.65. The quantitative estimate of drug-likeness (QED) is 0.923. The summed E-state index contributed by atoms with van der Waals surface area (Å²) < 4.78 is 0. The largest absolute Gasteiger partial charge is 0.336 e. The molecule has 1 unspecified atom stereocenters. The lowest BCUT2D eigenvalue weighted by molar-refractivity contribution is 0.0602. The summed E-state index contributed by atoms with van der Waals surface area (Å²) in [5, 5.41) is 7.19. The molecular formula is C16H26N4O. The molecule has 3 rings (SSSR count). The normalized spacial score (nSPS) is 23.7. The molecule has 1 aromatic rings. The molecule has 0 aliphatic carbocycles. The molecule has 2 fully saturated rings. The fourth-order valence-corrected chi connectivity index (χ4v) is 3.57. The number of hydrogen-bond donors (Lipinski definition) is 1. The SMILES string of the molecule is CCCc1cc(C(=O)N2CCCC(N3CCCC3)C2)n[nH]1. The number of aryl methyl sites for hydroxylation is 1. The fraction of sp³-hybridized carbons (Fsp3) is 0.750. The van der Waals surface area contributed by atoms with Gasteiger partial charge in [0.15, 0.2) is 0 Å². The van der Waals surface area contributed by atoms with Gasteiger partial charge in [0, 0.05) is 24.8 Å². The Hall–Kier alpha value is -1.36. The fourth-order valence-electron chi connectivity index (χ4n) is 3.57. The van der Waals surface area contributed by atoms with Crippen LogP contribution in [0.1, 0.15) is 55.2 Å². The summed E-state index contributed by atoms with van der Waals surface area (Å²) in [6.45, 7) is 6.28. The Morgan fingerprint density at radius 2 is 2.14 bits per heavy atom. The van der Waals surface area contributed by atoms with E-state index in [0.29, 0.717) is 11.7 Å². The van der Waals surface area contributed by atoms with Crippen LogP contribution in [-0.2, 0) is 6.42 Å². The number of hydrogen-bond acceptors (Lipinski definition) is 3. The highest BCUT2D eigenvalue weighted by atomic mass is 16.2. The third-order valence-electron chi connectivity index (χ3n) is 4.71. The van der Waals surface area contributed by atoms with E-state index < -0.39 is 0 Å². The van der Waals surface area contributed by atoms with Gasteiger partial charge in [0.2, 0.25) is 0 Å². The van der Waals surface area contributed by atoms with Crippen LogP contribution in [0.2, 0.25) is 0 Å². The number of amides is 1. The lowest BCUT2D eigenvalue weighted by Crippen LogP contribution is -2.49. The number of piperidine rings is 1. The van der Waals surface area contributed by atoms with Gasteiger partial charge < -0.3 is 4.90 Å². The van der Waals surface area contributed by atoms with Crippen molar-refractivity contribution in [1.29, 1.82) is 0 Å². The van der Waals surface area contributed by atoms with Crippen LogP contribution in [0.3, 0.4) is 0 Å². The van der Waals surface area contributed by atoms with E-state index in [-0.39, 0.29) is 5.91 Å². The molecule has 21 heavy (non-hydrogen) atoms. The van der Waals surface area contributed by atoms with Crippen LogP contribution in [0.25, 0.3) is 0 Å². The second-order valence-corrected chi connectivity index (χ2v) is 6.32. The molecule has 2 saturated heterocycles. The molecular weight excluding hydrogens is 264 g/mol. The molecule has 1 aromatic heterocycles. The first-order valence-electron chi connectivity index (χ1n) is 8.35. The number of H-pyrrole nitrogens is 1. The molecule has 3 heterocycles. The van der Waals surface area contributed by atoms with Crippen molar-refractivity contribution in [2.45, 2.75) is 51.5 Å². The minimum atomic E-state index is 0.0949. The molecule has 1 amide bonds. The van der Waals surface area contributed by atoms with Crippen molar-refractivity contribution >= 4 is 5.91 Å². The molecule has 0 aromatic carbocycles. The van der Waals surface area contributed by atoms with Crippen molar-refractivity contribution in [3.05, 3.63) is 17.5 Å². The predicted molar refractivity (Wildman–Crippen MR) is 82.3 cm³/mol. The predicted octanol–water partition coefficient (Wildman–Crippen LogP) is 2.06. The van der Waals surface area contributed by atoms with E-state index in [1.807, 2.05) is 11.0 Å². The zero-order valence-corrected chi connectivity index (χ0v) is 13.0. The summed E-state index contributed by atoms with van der Waals surface area (Å²) in [6, 6.07) is 2.48.